The van der Waals surface area contributed by atoms with Crippen LogP contribution >= 0.6 is 15.9 Å². The van der Waals surface area contributed by atoms with Crippen molar-refractivity contribution >= 4 is 27.6 Å². The van der Waals surface area contributed by atoms with E-state index >= 15 is 0 Å². The van der Waals surface area contributed by atoms with Crippen LogP contribution in [0.4, 0.5) is 36.8 Å². The van der Waals surface area contributed by atoms with Crippen LogP contribution < -0.4 is 15.4 Å². The average molecular weight is 541 g/mol. The summed E-state index contributed by atoms with van der Waals surface area (Å²) in [6.07, 6.45) is -9.63. The van der Waals surface area contributed by atoms with Crippen molar-refractivity contribution in [3.8, 4) is 5.75 Å². The molecule has 0 radical (unpaired) electrons. The summed E-state index contributed by atoms with van der Waals surface area (Å²) in [7, 11) is 0. The van der Waals surface area contributed by atoms with Crippen molar-refractivity contribution in [1.82, 2.24) is 5.32 Å². The molecule has 0 aliphatic carbocycles. The Labute approximate surface area is 195 Å². The third kappa shape index (κ3) is 8.13. The Balaban J connectivity index is 1.89. The fourth-order valence-corrected chi connectivity index (χ4v) is 3.24. The maximum atomic E-state index is 12.9. The summed E-state index contributed by atoms with van der Waals surface area (Å²) < 4.78 is 83.8. The van der Waals surface area contributed by atoms with Crippen molar-refractivity contribution in [2.24, 2.45) is 0 Å². The first-order valence-electron chi connectivity index (χ1n) is 9.84. The minimum atomic E-state index is -5.00. The Morgan fingerprint density at radius 2 is 1.48 bits per heavy atom. The molecular weight excluding hydrogens is 518 g/mol. The Hall–Kier alpha value is -2.43. The number of halogens is 7. The van der Waals surface area contributed by atoms with E-state index in [4.69, 9.17) is 4.74 Å². The predicted molar refractivity (Wildman–Crippen MR) is 116 cm³/mol. The second kappa shape index (κ2) is 10.2. The molecule has 0 bridgehead atoms. The molecule has 0 fully saturated rings. The molecule has 0 aliphatic heterocycles. The summed E-state index contributed by atoms with van der Waals surface area (Å²) in [4.78, 5) is 11.9. The molecule has 0 aliphatic rings. The smallest absolute Gasteiger partial charge is 0.416 e. The van der Waals surface area contributed by atoms with Gasteiger partial charge in [-0.1, -0.05) is 26.8 Å². The predicted octanol–water partition coefficient (Wildman–Crippen LogP) is 7.37. The number of benzene rings is 2. The van der Waals surface area contributed by atoms with Crippen LogP contribution in [-0.2, 0) is 17.8 Å². The molecule has 2 aromatic carbocycles. The second-order valence-electron chi connectivity index (χ2n) is 8.27. The highest BCUT2D eigenvalue weighted by molar-refractivity contribution is 9.10. The lowest BCUT2D eigenvalue weighted by molar-refractivity contribution is -0.143. The molecule has 0 spiro atoms. The summed E-state index contributed by atoms with van der Waals surface area (Å²) in [6.45, 7) is 6.56. The Morgan fingerprint density at radius 1 is 0.909 bits per heavy atom. The van der Waals surface area contributed by atoms with E-state index in [0.717, 1.165) is 10.0 Å². The van der Waals surface area contributed by atoms with Gasteiger partial charge in [0.1, 0.15) is 5.75 Å². The molecule has 2 aromatic rings. The van der Waals surface area contributed by atoms with E-state index in [-0.39, 0.29) is 24.6 Å². The fraction of sp³-hybridized carbons (Fsp3) is 0.409. The summed E-state index contributed by atoms with van der Waals surface area (Å²) in [5.74, 6) is 0.607. The lowest BCUT2D eigenvalue weighted by Gasteiger charge is -2.20. The largest absolute Gasteiger partial charge is 0.492 e. The van der Waals surface area contributed by atoms with E-state index in [1.165, 1.54) is 0 Å². The van der Waals surface area contributed by atoms with Crippen LogP contribution in [0.5, 0.6) is 5.75 Å². The van der Waals surface area contributed by atoms with Crippen LogP contribution in [0.1, 0.15) is 43.9 Å². The zero-order chi connectivity index (χ0) is 25.0. The fourth-order valence-electron chi connectivity index (χ4n) is 2.74. The Bertz CT molecular complexity index is 952. The third-order valence-electron chi connectivity index (χ3n) is 4.51. The van der Waals surface area contributed by atoms with Gasteiger partial charge in [-0.3, -0.25) is 0 Å². The molecule has 2 amide bonds. The molecule has 0 saturated carbocycles. The average Bonchev–Trinajstić information content (AvgIpc) is 2.66. The van der Waals surface area contributed by atoms with Gasteiger partial charge in [-0.25, -0.2) is 4.79 Å². The van der Waals surface area contributed by atoms with E-state index in [1.54, 1.807) is 0 Å². The van der Waals surface area contributed by atoms with E-state index in [9.17, 15) is 31.1 Å². The summed E-state index contributed by atoms with van der Waals surface area (Å²) in [5.41, 5.74) is -2.55. The van der Waals surface area contributed by atoms with Crippen molar-refractivity contribution in [2.45, 2.75) is 45.0 Å². The molecule has 2 rings (SSSR count). The molecule has 0 unspecified atom stereocenters. The molecular formula is C22H23BrF6N2O2. The van der Waals surface area contributed by atoms with E-state index in [1.807, 2.05) is 23.5 Å². The second-order valence-corrected chi connectivity index (χ2v) is 9.13. The highest BCUT2D eigenvalue weighted by atomic mass is 79.9. The number of carbonyl (C=O) groups excluding carboxylic acids is 1. The van der Waals surface area contributed by atoms with Crippen molar-refractivity contribution < 1.29 is 35.9 Å². The summed E-state index contributed by atoms with van der Waals surface area (Å²) >= 11 is 3.44. The minimum Gasteiger partial charge on any atom is -0.492 e. The van der Waals surface area contributed by atoms with Crippen LogP contribution in [0.15, 0.2) is 40.9 Å². The number of nitrogens with one attached hydrogen (secondary N) is 2. The van der Waals surface area contributed by atoms with E-state index in [0.29, 0.717) is 24.3 Å². The minimum absolute atomic E-state index is 0.00736. The van der Waals surface area contributed by atoms with Gasteiger partial charge >= 0.3 is 18.4 Å². The van der Waals surface area contributed by atoms with Gasteiger partial charge in [0.05, 0.1) is 22.2 Å². The van der Waals surface area contributed by atoms with Gasteiger partial charge in [0.15, 0.2) is 0 Å². The summed E-state index contributed by atoms with van der Waals surface area (Å²) in [6, 6.07) is 5.65. The van der Waals surface area contributed by atoms with Crippen molar-refractivity contribution in [1.29, 1.82) is 0 Å². The number of alkyl halides is 6. The highest BCUT2D eigenvalue weighted by Gasteiger charge is 2.37. The van der Waals surface area contributed by atoms with Crippen molar-refractivity contribution in [3.05, 3.63) is 57.6 Å². The molecule has 2 N–H and O–H groups in total. The van der Waals surface area contributed by atoms with Crippen LogP contribution in [0.2, 0.25) is 0 Å². The lowest BCUT2D eigenvalue weighted by Crippen LogP contribution is -2.30. The van der Waals surface area contributed by atoms with Crippen LogP contribution in [-0.4, -0.2) is 19.2 Å². The van der Waals surface area contributed by atoms with E-state index < -0.39 is 35.2 Å². The molecule has 182 valence electrons. The number of rotatable bonds is 6. The normalized spacial score (nSPS) is 12.4. The maximum Gasteiger partial charge on any atom is 0.416 e. The molecule has 0 aromatic heterocycles. The van der Waals surface area contributed by atoms with Crippen LogP contribution in [0.3, 0.4) is 0 Å². The number of carbonyl (C=O) groups is 1. The van der Waals surface area contributed by atoms with Crippen LogP contribution in [0, 0.1) is 0 Å². The van der Waals surface area contributed by atoms with Gasteiger partial charge in [0.25, 0.3) is 0 Å². The first-order valence-corrected chi connectivity index (χ1v) is 10.6. The van der Waals surface area contributed by atoms with Crippen LogP contribution in [0.25, 0.3) is 0 Å². The van der Waals surface area contributed by atoms with Gasteiger partial charge in [-0.05, 0) is 63.7 Å². The van der Waals surface area contributed by atoms with E-state index in [2.05, 4.69) is 42.0 Å². The number of hydrogen-bond donors (Lipinski definition) is 2. The maximum absolute atomic E-state index is 12.9. The number of anilines is 1. The first-order chi connectivity index (χ1) is 15.1. The zero-order valence-electron chi connectivity index (χ0n) is 18.0. The topological polar surface area (TPSA) is 50.4 Å². The van der Waals surface area contributed by atoms with Gasteiger partial charge in [-0.15, -0.1) is 0 Å². The summed E-state index contributed by atoms with van der Waals surface area (Å²) in [5, 5.41) is 4.38. The van der Waals surface area contributed by atoms with Gasteiger partial charge < -0.3 is 15.4 Å². The molecule has 11 heteroatoms. The first kappa shape index (κ1) is 26.8. The van der Waals surface area contributed by atoms with Gasteiger partial charge in [0.2, 0.25) is 0 Å². The SMILES string of the molecule is CC(C)(C)c1ccc(OCCCNC(=O)Nc2cc(C(F)(F)F)cc(C(F)(F)F)c2)c(Br)c1. The van der Waals surface area contributed by atoms with Crippen molar-refractivity contribution in [3.63, 3.8) is 0 Å². The molecule has 0 saturated heterocycles. The highest BCUT2D eigenvalue weighted by Crippen LogP contribution is 2.37. The Morgan fingerprint density at radius 3 is 1.97 bits per heavy atom. The quantitative estimate of drug-likeness (QED) is 0.296. The zero-order valence-corrected chi connectivity index (χ0v) is 19.6. The molecule has 33 heavy (non-hydrogen) atoms. The number of urea groups is 1. The monoisotopic (exact) mass is 540 g/mol. The molecule has 4 nitrogen and oxygen atoms in total. The number of amides is 2. The number of hydrogen-bond acceptors (Lipinski definition) is 2. The molecule has 0 heterocycles. The third-order valence-corrected chi connectivity index (χ3v) is 5.13. The molecule has 0 atom stereocenters. The Kier molecular flexibility index (Phi) is 8.32. The van der Waals surface area contributed by atoms with Crippen molar-refractivity contribution in [2.75, 3.05) is 18.5 Å². The van der Waals surface area contributed by atoms with Gasteiger partial charge in [0, 0.05) is 12.2 Å². The number of ether oxygens (including phenoxy) is 1. The standard InChI is InChI=1S/C22H23BrF6N2O2/c1-20(2,3)13-5-6-18(17(23)12-13)33-8-4-7-30-19(32)31-16-10-14(21(24,25)26)9-15(11-16)22(27,28)29/h5-6,9-12H,4,7-8H2,1-3H3,(H2,30,31,32). The van der Waals surface area contributed by atoms with Gasteiger partial charge in [-0.2, -0.15) is 26.3 Å². The lowest BCUT2D eigenvalue weighted by atomic mass is 9.87.